The Balaban J connectivity index is 1.55. The predicted molar refractivity (Wildman–Crippen MR) is 131 cm³/mol. The maximum absolute atomic E-state index is 12.5. The molecule has 2 aromatic heterocycles. The first kappa shape index (κ1) is 22.7. The molecule has 0 spiro atoms. The van der Waals surface area contributed by atoms with Gasteiger partial charge in [0, 0.05) is 59.8 Å². The quantitative estimate of drug-likeness (QED) is 0.554. The van der Waals surface area contributed by atoms with Crippen LogP contribution in [-0.2, 0) is 16.6 Å². The largest absolute Gasteiger partial charge is 0.496 e. The lowest BCUT2D eigenvalue weighted by Gasteiger charge is -2.38. The number of methoxy groups -OCH3 is 1. The van der Waals surface area contributed by atoms with Crippen LogP contribution in [0.4, 0.5) is 0 Å². The lowest BCUT2D eigenvalue weighted by atomic mass is 9.95. The van der Waals surface area contributed by atoms with E-state index in [1.807, 2.05) is 30.1 Å². The topological polar surface area (TPSA) is 89.7 Å². The molecule has 2 aliphatic heterocycles. The van der Waals surface area contributed by atoms with E-state index >= 15 is 0 Å². The molecule has 0 saturated carbocycles. The number of hydrogen-bond acceptors (Lipinski definition) is 6. The Bertz CT molecular complexity index is 1430. The zero-order chi connectivity index (χ0) is 24.4. The standard InChI is InChI=1S/C24H29N5O4S/c1-15(2)28-12-17-6-21(18-9-25-27(11-18)19-13-26(14-19)34(5,31)32)24(33-4)7-20(17)22-8-23(30)16(3)10-29(22)28/h6-11,15,19H,12-14H2,1-5H3. The van der Waals surface area contributed by atoms with Gasteiger partial charge in [0.1, 0.15) is 5.75 Å². The zero-order valence-corrected chi connectivity index (χ0v) is 20.8. The summed E-state index contributed by atoms with van der Waals surface area (Å²) in [5.74, 6) is 0.697. The molecule has 10 heteroatoms. The van der Waals surface area contributed by atoms with Crippen molar-refractivity contribution in [3.05, 3.63) is 58.1 Å². The highest BCUT2D eigenvalue weighted by atomic mass is 32.2. The summed E-state index contributed by atoms with van der Waals surface area (Å²) in [4.78, 5) is 12.5. The highest BCUT2D eigenvalue weighted by Crippen LogP contribution is 2.40. The smallest absolute Gasteiger partial charge is 0.211 e. The molecule has 0 unspecified atom stereocenters. The van der Waals surface area contributed by atoms with Gasteiger partial charge in [-0.25, -0.2) is 8.42 Å². The fourth-order valence-corrected chi connectivity index (χ4v) is 5.52. The van der Waals surface area contributed by atoms with Gasteiger partial charge in [-0.1, -0.05) is 0 Å². The van der Waals surface area contributed by atoms with Gasteiger partial charge in [0.25, 0.3) is 0 Å². The molecule has 0 bridgehead atoms. The summed E-state index contributed by atoms with van der Waals surface area (Å²) in [7, 11) is -1.54. The van der Waals surface area contributed by atoms with E-state index in [0.29, 0.717) is 30.9 Å². The summed E-state index contributed by atoms with van der Waals surface area (Å²) >= 11 is 0. The molecule has 0 atom stereocenters. The molecule has 180 valence electrons. The number of aromatic nitrogens is 3. The Kier molecular flexibility index (Phi) is 5.33. The van der Waals surface area contributed by atoms with Gasteiger partial charge < -0.3 is 9.75 Å². The third kappa shape index (κ3) is 3.70. The first-order valence-corrected chi connectivity index (χ1v) is 13.1. The number of sulfonamides is 1. The molecule has 0 radical (unpaired) electrons. The van der Waals surface area contributed by atoms with Crippen LogP contribution in [0.3, 0.4) is 0 Å². The van der Waals surface area contributed by atoms with Gasteiger partial charge in [0.05, 0.1) is 37.8 Å². The van der Waals surface area contributed by atoms with E-state index < -0.39 is 10.0 Å². The summed E-state index contributed by atoms with van der Waals surface area (Å²) < 4.78 is 34.5. The van der Waals surface area contributed by atoms with Crippen LogP contribution in [0.1, 0.15) is 31.0 Å². The minimum absolute atomic E-state index is 0.00996. The molecule has 5 rings (SSSR count). The molecule has 2 aliphatic rings. The van der Waals surface area contributed by atoms with Crippen molar-refractivity contribution in [1.82, 2.24) is 18.8 Å². The van der Waals surface area contributed by atoms with Crippen LogP contribution < -0.4 is 15.2 Å². The molecule has 4 heterocycles. The second-order valence-electron chi connectivity index (χ2n) is 9.39. The van der Waals surface area contributed by atoms with Crippen molar-refractivity contribution in [2.45, 2.75) is 39.4 Å². The number of fused-ring (bicyclic) bond motifs is 3. The number of rotatable bonds is 5. The van der Waals surface area contributed by atoms with Gasteiger partial charge >= 0.3 is 0 Å². The Labute approximate surface area is 199 Å². The van der Waals surface area contributed by atoms with E-state index in [1.54, 1.807) is 19.4 Å². The van der Waals surface area contributed by atoms with E-state index in [0.717, 1.165) is 27.9 Å². The molecular formula is C24H29N5O4S. The highest BCUT2D eigenvalue weighted by molar-refractivity contribution is 7.88. The van der Waals surface area contributed by atoms with Crippen LogP contribution in [0.25, 0.3) is 22.4 Å². The van der Waals surface area contributed by atoms with Crippen LogP contribution in [-0.4, -0.2) is 59.7 Å². The number of pyridine rings is 1. The average Bonchev–Trinajstić information content (AvgIpc) is 3.20. The number of aryl methyl sites for hydroxylation is 1. The summed E-state index contributed by atoms with van der Waals surface area (Å²) in [6, 6.07) is 6.06. The number of ether oxygens (including phenoxy) is 1. The average molecular weight is 484 g/mol. The van der Waals surface area contributed by atoms with E-state index in [-0.39, 0.29) is 17.5 Å². The Morgan fingerprint density at radius 1 is 1.12 bits per heavy atom. The summed E-state index contributed by atoms with van der Waals surface area (Å²) in [6.45, 7) is 7.65. The van der Waals surface area contributed by atoms with Crippen LogP contribution in [0.2, 0.25) is 0 Å². The molecule has 0 amide bonds. The van der Waals surface area contributed by atoms with Crippen LogP contribution in [0, 0.1) is 6.92 Å². The third-order valence-corrected chi connectivity index (χ3v) is 7.95. The number of nitrogens with zero attached hydrogens (tertiary/aromatic N) is 5. The molecule has 1 aromatic carbocycles. The van der Waals surface area contributed by atoms with Crippen molar-refractivity contribution in [2.75, 3.05) is 31.5 Å². The van der Waals surface area contributed by atoms with Gasteiger partial charge in [0.15, 0.2) is 5.43 Å². The molecule has 3 aromatic rings. The van der Waals surface area contributed by atoms with Crippen LogP contribution in [0.5, 0.6) is 5.75 Å². The Morgan fingerprint density at radius 2 is 1.85 bits per heavy atom. The molecule has 0 aliphatic carbocycles. The summed E-state index contributed by atoms with van der Waals surface area (Å²) in [6.07, 6.45) is 6.87. The summed E-state index contributed by atoms with van der Waals surface area (Å²) in [5.41, 5.74) is 5.47. The highest BCUT2D eigenvalue weighted by Gasteiger charge is 2.35. The monoisotopic (exact) mass is 483 g/mol. The van der Waals surface area contributed by atoms with Crippen LogP contribution >= 0.6 is 0 Å². The molecule has 1 fully saturated rings. The van der Waals surface area contributed by atoms with Crippen molar-refractivity contribution in [1.29, 1.82) is 0 Å². The van der Waals surface area contributed by atoms with Gasteiger partial charge in [-0.2, -0.15) is 9.40 Å². The minimum atomic E-state index is -3.17. The molecule has 1 saturated heterocycles. The fraction of sp³-hybridized carbons (Fsp3) is 0.417. The van der Waals surface area contributed by atoms with Crippen molar-refractivity contribution in [3.63, 3.8) is 0 Å². The summed E-state index contributed by atoms with van der Waals surface area (Å²) in [5, 5.41) is 6.74. The first-order valence-electron chi connectivity index (χ1n) is 11.3. The van der Waals surface area contributed by atoms with Gasteiger partial charge in [-0.15, -0.1) is 0 Å². The zero-order valence-electron chi connectivity index (χ0n) is 20.0. The lowest BCUT2D eigenvalue weighted by Crippen LogP contribution is -2.50. The van der Waals surface area contributed by atoms with E-state index in [4.69, 9.17) is 4.74 Å². The van der Waals surface area contributed by atoms with E-state index in [1.165, 1.54) is 10.6 Å². The van der Waals surface area contributed by atoms with Crippen molar-refractivity contribution in [2.24, 2.45) is 0 Å². The third-order valence-electron chi connectivity index (χ3n) is 6.71. The lowest BCUT2D eigenvalue weighted by molar-refractivity contribution is 0.192. The first-order chi connectivity index (χ1) is 16.1. The van der Waals surface area contributed by atoms with Crippen molar-refractivity contribution >= 4 is 10.0 Å². The number of benzene rings is 1. The van der Waals surface area contributed by atoms with E-state index in [2.05, 4.69) is 34.7 Å². The predicted octanol–water partition coefficient (Wildman–Crippen LogP) is 2.37. The molecule has 9 nitrogen and oxygen atoms in total. The SMILES string of the molecule is COc1cc2c(cc1-c1cnn(C3CN(S(C)(=O)=O)C3)c1)CN(C(C)C)n1cc(C)c(=O)cc1-2. The van der Waals surface area contributed by atoms with Crippen molar-refractivity contribution < 1.29 is 13.2 Å². The fourth-order valence-electron chi connectivity index (χ4n) is 4.64. The normalized spacial score (nSPS) is 16.4. The second-order valence-corrected chi connectivity index (χ2v) is 11.4. The number of hydrogen-bond donors (Lipinski definition) is 0. The van der Waals surface area contributed by atoms with Gasteiger partial charge in [0.2, 0.25) is 10.0 Å². The molecule has 34 heavy (non-hydrogen) atoms. The van der Waals surface area contributed by atoms with E-state index in [9.17, 15) is 13.2 Å². The molecular weight excluding hydrogens is 454 g/mol. The second kappa shape index (κ2) is 7.99. The maximum atomic E-state index is 12.5. The minimum Gasteiger partial charge on any atom is -0.496 e. The Hall–Kier alpha value is -3.11. The van der Waals surface area contributed by atoms with Gasteiger partial charge in [-0.05, 0) is 38.5 Å². The van der Waals surface area contributed by atoms with Gasteiger partial charge in [-0.3, -0.25) is 14.2 Å². The van der Waals surface area contributed by atoms with Crippen LogP contribution in [0.15, 0.2) is 41.6 Å². The maximum Gasteiger partial charge on any atom is 0.211 e. The van der Waals surface area contributed by atoms with Crippen molar-refractivity contribution in [3.8, 4) is 28.1 Å². The Morgan fingerprint density at radius 3 is 2.50 bits per heavy atom. The molecule has 0 N–H and O–H groups in total.